The van der Waals surface area contributed by atoms with Crippen molar-refractivity contribution in [3.63, 3.8) is 0 Å². The van der Waals surface area contributed by atoms with Gasteiger partial charge in [0.15, 0.2) is 0 Å². The summed E-state index contributed by atoms with van der Waals surface area (Å²) in [5, 5.41) is 9.86. The quantitative estimate of drug-likeness (QED) is 0.759. The molecule has 5 heteroatoms. The first-order chi connectivity index (χ1) is 11.1. The third kappa shape index (κ3) is 3.57. The topological polar surface area (TPSA) is 77.0 Å². The number of aliphatic hydroxyl groups is 1. The molecule has 23 heavy (non-hydrogen) atoms. The van der Waals surface area contributed by atoms with E-state index in [1.165, 1.54) is 0 Å². The molecule has 2 aromatic heterocycles. The predicted molar refractivity (Wildman–Crippen MR) is 90.8 cm³/mol. The highest BCUT2D eigenvalue weighted by Gasteiger charge is 2.15. The second-order valence-corrected chi connectivity index (χ2v) is 5.68. The number of aliphatic hydroxyl groups excluding tert-OH is 1. The lowest BCUT2D eigenvalue weighted by Crippen LogP contribution is -2.12. The largest absolute Gasteiger partial charge is 0.393 e. The molecule has 3 aromatic rings. The highest BCUT2D eigenvalue weighted by molar-refractivity contribution is 5.62. The molecule has 0 saturated carbocycles. The molecule has 0 fully saturated rings. The summed E-state index contributed by atoms with van der Waals surface area (Å²) in [7, 11) is 0. The van der Waals surface area contributed by atoms with E-state index in [-0.39, 0.29) is 0 Å². The van der Waals surface area contributed by atoms with E-state index in [1.54, 1.807) is 13.1 Å². The SMILES string of the molecule is CC(O)Cc1c(-c2ccccc2)ncn1Cc1ccnc(N)c1. The Morgan fingerprint density at radius 3 is 2.65 bits per heavy atom. The van der Waals surface area contributed by atoms with Crippen molar-refractivity contribution >= 4 is 5.82 Å². The molecule has 1 unspecified atom stereocenters. The third-order valence-corrected chi connectivity index (χ3v) is 3.68. The second kappa shape index (κ2) is 6.62. The van der Waals surface area contributed by atoms with Crippen molar-refractivity contribution in [2.75, 3.05) is 5.73 Å². The Bertz CT molecular complexity index is 781. The van der Waals surface area contributed by atoms with Crippen LogP contribution in [0, 0.1) is 0 Å². The van der Waals surface area contributed by atoms with Gasteiger partial charge in [-0.25, -0.2) is 9.97 Å². The number of benzene rings is 1. The zero-order valence-electron chi connectivity index (χ0n) is 13.1. The molecule has 3 N–H and O–H groups in total. The Labute approximate surface area is 135 Å². The maximum atomic E-state index is 9.86. The zero-order chi connectivity index (χ0) is 16.2. The van der Waals surface area contributed by atoms with Crippen molar-refractivity contribution in [1.29, 1.82) is 0 Å². The first-order valence-corrected chi connectivity index (χ1v) is 7.61. The number of imidazole rings is 1. The Morgan fingerprint density at radius 2 is 1.96 bits per heavy atom. The van der Waals surface area contributed by atoms with E-state index >= 15 is 0 Å². The van der Waals surface area contributed by atoms with Crippen molar-refractivity contribution in [1.82, 2.24) is 14.5 Å². The fraction of sp³-hybridized carbons (Fsp3) is 0.222. The lowest BCUT2D eigenvalue weighted by molar-refractivity contribution is 0.193. The Hall–Kier alpha value is -2.66. The lowest BCUT2D eigenvalue weighted by Gasteiger charge is -2.12. The van der Waals surface area contributed by atoms with Crippen LogP contribution < -0.4 is 5.73 Å². The maximum absolute atomic E-state index is 9.86. The van der Waals surface area contributed by atoms with Crippen LogP contribution in [-0.4, -0.2) is 25.7 Å². The fourth-order valence-electron chi connectivity index (χ4n) is 2.66. The van der Waals surface area contributed by atoms with Crippen LogP contribution in [0.3, 0.4) is 0 Å². The van der Waals surface area contributed by atoms with Gasteiger partial charge in [-0.1, -0.05) is 30.3 Å². The lowest BCUT2D eigenvalue weighted by atomic mass is 10.1. The number of nitrogens with two attached hydrogens (primary N) is 1. The van der Waals surface area contributed by atoms with Crippen LogP contribution in [0.15, 0.2) is 55.0 Å². The van der Waals surface area contributed by atoms with Crippen LogP contribution in [0.25, 0.3) is 11.3 Å². The van der Waals surface area contributed by atoms with E-state index in [1.807, 2.05) is 48.8 Å². The van der Waals surface area contributed by atoms with Gasteiger partial charge in [0, 0.05) is 30.4 Å². The minimum absolute atomic E-state index is 0.435. The van der Waals surface area contributed by atoms with Gasteiger partial charge >= 0.3 is 0 Å². The fourth-order valence-corrected chi connectivity index (χ4v) is 2.66. The predicted octanol–water partition coefficient (Wildman–Crippen LogP) is 2.50. The van der Waals surface area contributed by atoms with Gasteiger partial charge in [0.25, 0.3) is 0 Å². The molecule has 0 spiro atoms. The number of aromatic nitrogens is 3. The summed E-state index contributed by atoms with van der Waals surface area (Å²) in [5.74, 6) is 0.503. The number of nitrogen functional groups attached to an aromatic ring is 1. The van der Waals surface area contributed by atoms with Crippen molar-refractivity contribution in [2.24, 2.45) is 0 Å². The minimum Gasteiger partial charge on any atom is -0.393 e. The van der Waals surface area contributed by atoms with E-state index < -0.39 is 6.10 Å². The van der Waals surface area contributed by atoms with Gasteiger partial charge < -0.3 is 15.4 Å². The highest BCUT2D eigenvalue weighted by Crippen LogP contribution is 2.24. The second-order valence-electron chi connectivity index (χ2n) is 5.68. The summed E-state index contributed by atoms with van der Waals surface area (Å²) < 4.78 is 2.06. The summed E-state index contributed by atoms with van der Waals surface area (Å²) in [6, 6.07) is 13.8. The molecular weight excluding hydrogens is 288 g/mol. The molecule has 0 aliphatic rings. The molecule has 0 radical (unpaired) electrons. The molecular formula is C18H20N4O. The summed E-state index contributed by atoms with van der Waals surface area (Å²) >= 11 is 0. The molecule has 118 valence electrons. The van der Waals surface area contributed by atoms with E-state index in [0.29, 0.717) is 18.8 Å². The molecule has 2 heterocycles. The van der Waals surface area contributed by atoms with Crippen LogP contribution in [0.4, 0.5) is 5.82 Å². The number of nitrogens with zero attached hydrogens (tertiary/aromatic N) is 3. The Morgan fingerprint density at radius 1 is 1.17 bits per heavy atom. The normalized spacial score (nSPS) is 12.3. The van der Waals surface area contributed by atoms with E-state index in [4.69, 9.17) is 5.73 Å². The first-order valence-electron chi connectivity index (χ1n) is 7.61. The summed E-state index contributed by atoms with van der Waals surface area (Å²) in [6.07, 6.45) is 3.63. The molecule has 0 aliphatic heterocycles. The molecule has 5 nitrogen and oxygen atoms in total. The van der Waals surface area contributed by atoms with E-state index in [0.717, 1.165) is 22.5 Å². The first kappa shape index (κ1) is 15.2. The summed E-state index contributed by atoms with van der Waals surface area (Å²) in [5.41, 5.74) is 9.79. The van der Waals surface area contributed by atoms with Gasteiger partial charge in [-0.05, 0) is 24.6 Å². The summed E-state index contributed by atoms with van der Waals surface area (Å²) in [4.78, 5) is 8.58. The zero-order valence-corrected chi connectivity index (χ0v) is 13.1. The van der Waals surface area contributed by atoms with Gasteiger partial charge in [0.1, 0.15) is 5.82 Å². The van der Waals surface area contributed by atoms with Crippen molar-refractivity contribution in [3.05, 3.63) is 66.2 Å². The van der Waals surface area contributed by atoms with Crippen LogP contribution in [0.2, 0.25) is 0 Å². The van der Waals surface area contributed by atoms with Crippen LogP contribution in [0.5, 0.6) is 0 Å². The van der Waals surface area contributed by atoms with Crippen LogP contribution in [0.1, 0.15) is 18.2 Å². The maximum Gasteiger partial charge on any atom is 0.123 e. The van der Waals surface area contributed by atoms with Crippen molar-refractivity contribution in [3.8, 4) is 11.3 Å². The smallest absolute Gasteiger partial charge is 0.123 e. The average molecular weight is 308 g/mol. The molecule has 0 amide bonds. The number of hydrogen-bond acceptors (Lipinski definition) is 4. The van der Waals surface area contributed by atoms with Gasteiger partial charge in [0.05, 0.1) is 18.1 Å². The van der Waals surface area contributed by atoms with E-state index in [2.05, 4.69) is 14.5 Å². The number of pyridine rings is 1. The molecule has 0 aliphatic carbocycles. The average Bonchev–Trinajstić information content (AvgIpc) is 2.90. The van der Waals surface area contributed by atoms with E-state index in [9.17, 15) is 5.11 Å². The Balaban J connectivity index is 1.98. The highest BCUT2D eigenvalue weighted by atomic mass is 16.3. The number of hydrogen-bond donors (Lipinski definition) is 2. The Kier molecular flexibility index (Phi) is 4.39. The molecule has 0 saturated heterocycles. The monoisotopic (exact) mass is 308 g/mol. The molecule has 0 bridgehead atoms. The van der Waals surface area contributed by atoms with Gasteiger partial charge in [-0.2, -0.15) is 0 Å². The molecule has 3 rings (SSSR count). The van der Waals surface area contributed by atoms with Gasteiger partial charge in [0.2, 0.25) is 0 Å². The number of rotatable bonds is 5. The molecule has 1 atom stereocenters. The van der Waals surface area contributed by atoms with Crippen LogP contribution >= 0.6 is 0 Å². The minimum atomic E-state index is -0.435. The third-order valence-electron chi connectivity index (χ3n) is 3.68. The van der Waals surface area contributed by atoms with Gasteiger partial charge in [-0.15, -0.1) is 0 Å². The van der Waals surface area contributed by atoms with Gasteiger partial charge in [-0.3, -0.25) is 0 Å². The summed E-state index contributed by atoms with van der Waals surface area (Å²) in [6.45, 7) is 2.44. The van der Waals surface area contributed by atoms with Crippen molar-refractivity contribution < 1.29 is 5.11 Å². The number of anilines is 1. The van der Waals surface area contributed by atoms with Crippen LogP contribution in [-0.2, 0) is 13.0 Å². The molecule has 1 aromatic carbocycles. The van der Waals surface area contributed by atoms with Crippen molar-refractivity contribution in [2.45, 2.75) is 26.0 Å². The standard InChI is InChI=1S/C18H20N4O/c1-13(23)9-16-18(15-5-3-2-4-6-15)21-12-22(16)11-14-7-8-20-17(19)10-14/h2-8,10,12-13,23H,9,11H2,1H3,(H2,19,20).